The number of esters is 1. The standard InChI is InChI=1S/C12H15ClO5S/c1-9-4-5-12(11(8-9)18-10(2)14)19(15,16)17-7-3-6-13/h4-5,8H,3,6-7H2,1-2H3. The highest BCUT2D eigenvalue weighted by molar-refractivity contribution is 7.86. The summed E-state index contributed by atoms with van der Waals surface area (Å²) < 4.78 is 33.6. The fraction of sp³-hybridized carbons (Fsp3) is 0.417. The summed E-state index contributed by atoms with van der Waals surface area (Å²) in [6.07, 6.45) is 0.412. The van der Waals surface area contributed by atoms with Crippen LogP contribution in [0.25, 0.3) is 0 Å². The Kier molecular flexibility index (Phi) is 5.78. The van der Waals surface area contributed by atoms with Crippen molar-refractivity contribution in [2.75, 3.05) is 12.5 Å². The summed E-state index contributed by atoms with van der Waals surface area (Å²) in [6.45, 7) is 2.95. The van der Waals surface area contributed by atoms with E-state index >= 15 is 0 Å². The van der Waals surface area contributed by atoms with Crippen molar-refractivity contribution in [3.05, 3.63) is 23.8 Å². The first-order valence-corrected chi connectivity index (χ1v) is 7.55. The van der Waals surface area contributed by atoms with Gasteiger partial charge in [0.15, 0.2) is 5.75 Å². The molecule has 0 fully saturated rings. The highest BCUT2D eigenvalue weighted by atomic mass is 35.5. The van der Waals surface area contributed by atoms with Gasteiger partial charge in [-0.25, -0.2) is 0 Å². The summed E-state index contributed by atoms with van der Waals surface area (Å²) in [6, 6.07) is 4.42. The summed E-state index contributed by atoms with van der Waals surface area (Å²) >= 11 is 5.45. The average Bonchev–Trinajstić information content (AvgIpc) is 2.27. The lowest BCUT2D eigenvalue weighted by Crippen LogP contribution is -2.12. The Balaban J connectivity index is 3.07. The Morgan fingerprint density at radius 1 is 1.37 bits per heavy atom. The Morgan fingerprint density at radius 2 is 2.05 bits per heavy atom. The van der Waals surface area contributed by atoms with Gasteiger partial charge in [0.1, 0.15) is 4.90 Å². The van der Waals surface area contributed by atoms with Crippen molar-refractivity contribution in [2.45, 2.75) is 25.2 Å². The van der Waals surface area contributed by atoms with Gasteiger partial charge >= 0.3 is 16.1 Å². The third-order valence-electron chi connectivity index (χ3n) is 2.14. The molecular weight excluding hydrogens is 292 g/mol. The van der Waals surface area contributed by atoms with Gasteiger partial charge in [0, 0.05) is 12.8 Å². The van der Waals surface area contributed by atoms with E-state index in [0.717, 1.165) is 5.56 Å². The second-order valence-corrected chi connectivity index (χ2v) is 5.82. The van der Waals surface area contributed by atoms with E-state index in [9.17, 15) is 13.2 Å². The smallest absolute Gasteiger partial charge is 0.308 e. The maximum absolute atomic E-state index is 12.0. The number of aryl methyl sites for hydroxylation is 1. The molecule has 0 saturated carbocycles. The average molecular weight is 307 g/mol. The van der Waals surface area contributed by atoms with Gasteiger partial charge in [-0.1, -0.05) is 6.07 Å². The monoisotopic (exact) mass is 306 g/mol. The topological polar surface area (TPSA) is 69.7 Å². The molecular formula is C12H15ClO5S. The zero-order valence-corrected chi connectivity index (χ0v) is 12.3. The lowest BCUT2D eigenvalue weighted by atomic mass is 10.2. The van der Waals surface area contributed by atoms with E-state index in [1.54, 1.807) is 13.0 Å². The maximum Gasteiger partial charge on any atom is 0.308 e. The van der Waals surface area contributed by atoms with Crippen LogP contribution in [0.2, 0.25) is 0 Å². The van der Waals surface area contributed by atoms with E-state index in [-0.39, 0.29) is 17.3 Å². The highest BCUT2D eigenvalue weighted by Gasteiger charge is 2.21. The van der Waals surface area contributed by atoms with E-state index in [1.165, 1.54) is 19.1 Å². The summed E-state index contributed by atoms with van der Waals surface area (Å²) in [7, 11) is -3.96. The maximum atomic E-state index is 12.0. The van der Waals surface area contributed by atoms with Crippen LogP contribution in [-0.4, -0.2) is 26.9 Å². The molecule has 0 atom stereocenters. The second kappa shape index (κ2) is 6.88. The van der Waals surface area contributed by atoms with Crippen molar-refractivity contribution >= 4 is 27.7 Å². The van der Waals surface area contributed by atoms with Crippen LogP contribution in [0, 0.1) is 6.92 Å². The van der Waals surface area contributed by atoms with Crippen LogP contribution >= 0.6 is 11.6 Å². The molecule has 0 unspecified atom stereocenters. The van der Waals surface area contributed by atoms with Crippen LogP contribution in [0.3, 0.4) is 0 Å². The molecule has 1 aromatic carbocycles. The SMILES string of the molecule is CC(=O)Oc1cc(C)ccc1S(=O)(=O)OCCCCl. The number of rotatable bonds is 6. The third-order valence-corrected chi connectivity index (χ3v) is 3.76. The zero-order valence-electron chi connectivity index (χ0n) is 10.7. The molecule has 1 rings (SSSR count). The van der Waals surface area contributed by atoms with E-state index in [0.29, 0.717) is 12.3 Å². The van der Waals surface area contributed by atoms with E-state index in [2.05, 4.69) is 0 Å². The van der Waals surface area contributed by atoms with Gasteiger partial charge in [-0.3, -0.25) is 8.98 Å². The van der Waals surface area contributed by atoms with Gasteiger partial charge in [0.2, 0.25) is 0 Å². The molecule has 5 nitrogen and oxygen atoms in total. The van der Waals surface area contributed by atoms with Crippen LogP contribution in [0.15, 0.2) is 23.1 Å². The first-order valence-electron chi connectivity index (χ1n) is 5.61. The molecule has 7 heteroatoms. The van der Waals surface area contributed by atoms with Gasteiger partial charge in [-0.05, 0) is 31.0 Å². The number of hydrogen-bond donors (Lipinski definition) is 0. The molecule has 1 aromatic rings. The minimum Gasteiger partial charge on any atom is -0.425 e. The first kappa shape index (κ1) is 15.9. The minimum absolute atomic E-state index is 0.0147. The molecule has 0 spiro atoms. The summed E-state index contributed by atoms with van der Waals surface area (Å²) in [4.78, 5) is 10.8. The van der Waals surface area contributed by atoms with Crippen molar-refractivity contribution in [1.82, 2.24) is 0 Å². The second-order valence-electron chi connectivity index (χ2n) is 3.86. The number of carbonyl (C=O) groups is 1. The van der Waals surface area contributed by atoms with Gasteiger partial charge in [-0.2, -0.15) is 8.42 Å². The van der Waals surface area contributed by atoms with Crippen molar-refractivity contribution in [3.63, 3.8) is 0 Å². The van der Waals surface area contributed by atoms with Crippen molar-refractivity contribution < 1.29 is 22.1 Å². The summed E-state index contributed by atoms with van der Waals surface area (Å²) in [5.74, 6) is -0.318. The molecule has 0 aliphatic heterocycles. The van der Waals surface area contributed by atoms with Gasteiger partial charge in [0.05, 0.1) is 6.61 Å². The molecule has 106 valence electrons. The predicted octanol–water partition coefficient (Wildman–Crippen LogP) is 2.25. The van der Waals surface area contributed by atoms with Crippen molar-refractivity contribution in [1.29, 1.82) is 0 Å². The number of alkyl halides is 1. The van der Waals surface area contributed by atoms with Crippen LogP contribution in [0.4, 0.5) is 0 Å². The Labute approximate surface area is 117 Å². The normalized spacial score (nSPS) is 11.3. The lowest BCUT2D eigenvalue weighted by molar-refractivity contribution is -0.132. The molecule has 0 radical (unpaired) electrons. The van der Waals surface area contributed by atoms with Gasteiger partial charge in [0.25, 0.3) is 0 Å². The molecule has 0 bridgehead atoms. The molecule has 0 aromatic heterocycles. The fourth-order valence-electron chi connectivity index (χ4n) is 1.34. The Morgan fingerprint density at radius 3 is 2.63 bits per heavy atom. The fourth-order valence-corrected chi connectivity index (χ4v) is 2.50. The lowest BCUT2D eigenvalue weighted by Gasteiger charge is -2.10. The molecule has 0 amide bonds. The zero-order chi connectivity index (χ0) is 14.5. The molecule has 0 aliphatic carbocycles. The van der Waals surface area contributed by atoms with Crippen molar-refractivity contribution in [3.8, 4) is 5.75 Å². The van der Waals surface area contributed by atoms with Gasteiger partial charge in [-0.15, -0.1) is 11.6 Å². The minimum atomic E-state index is -3.96. The first-order chi connectivity index (χ1) is 8.86. The van der Waals surface area contributed by atoms with Crippen LogP contribution in [0.1, 0.15) is 18.9 Å². The summed E-state index contributed by atoms with van der Waals surface area (Å²) in [5, 5.41) is 0. The number of ether oxygens (including phenoxy) is 1. The van der Waals surface area contributed by atoms with E-state index in [4.69, 9.17) is 20.5 Å². The number of carbonyl (C=O) groups excluding carboxylic acids is 1. The van der Waals surface area contributed by atoms with Crippen LogP contribution in [0.5, 0.6) is 5.75 Å². The van der Waals surface area contributed by atoms with Gasteiger partial charge < -0.3 is 4.74 Å². The molecule has 0 N–H and O–H groups in total. The van der Waals surface area contributed by atoms with E-state index in [1.807, 2.05) is 0 Å². The quantitative estimate of drug-likeness (QED) is 0.265. The molecule has 19 heavy (non-hydrogen) atoms. The Bertz CT molecular complexity index is 553. The van der Waals surface area contributed by atoms with Crippen molar-refractivity contribution in [2.24, 2.45) is 0 Å². The Hall–Kier alpha value is -1.11. The largest absolute Gasteiger partial charge is 0.425 e. The molecule has 0 saturated heterocycles. The predicted molar refractivity (Wildman–Crippen MR) is 71.0 cm³/mol. The van der Waals surface area contributed by atoms with E-state index < -0.39 is 16.1 Å². The number of halogens is 1. The van der Waals surface area contributed by atoms with Crippen LogP contribution < -0.4 is 4.74 Å². The molecule has 0 aliphatic rings. The summed E-state index contributed by atoms with van der Waals surface area (Å²) in [5.41, 5.74) is 0.774. The number of hydrogen-bond acceptors (Lipinski definition) is 5. The number of benzene rings is 1. The highest BCUT2D eigenvalue weighted by Crippen LogP contribution is 2.27. The third kappa shape index (κ3) is 4.81. The van der Waals surface area contributed by atoms with Crippen LogP contribution in [-0.2, 0) is 19.1 Å². The molecule has 0 heterocycles.